The molecule has 4 heteroatoms. The van der Waals surface area contributed by atoms with E-state index in [1.54, 1.807) is 0 Å². The molecule has 0 N–H and O–H groups in total. The lowest BCUT2D eigenvalue weighted by Gasteiger charge is -2.36. The molecule has 2 aliphatic rings. The van der Waals surface area contributed by atoms with Crippen molar-refractivity contribution in [2.24, 2.45) is 10.5 Å². The summed E-state index contributed by atoms with van der Waals surface area (Å²) in [5.41, 5.74) is 8.67. The van der Waals surface area contributed by atoms with Crippen molar-refractivity contribution in [2.45, 2.75) is 44.6 Å². The van der Waals surface area contributed by atoms with Gasteiger partial charge in [-0.1, -0.05) is 24.4 Å². The molecule has 1 unspecified atom stereocenters. The molecular formula is C10H17N3O. The molecule has 1 saturated carbocycles. The Kier molecular flexibility index (Phi) is 2.94. The Morgan fingerprint density at radius 3 is 2.79 bits per heavy atom. The van der Waals surface area contributed by atoms with Crippen molar-refractivity contribution in [1.29, 1.82) is 0 Å². The van der Waals surface area contributed by atoms with Crippen molar-refractivity contribution in [3.05, 3.63) is 10.4 Å². The molecule has 1 aliphatic heterocycles. The van der Waals surface area contributed by atoms with E-state index >= 15 is 0 Å². The molecular weight excluding hydrogens is 178 g/mol. The predicted molar refractivity (Wildman–Crippen MR) is 53.9 cm³/mol. The van der Waals surface area contributed by atoms with Gasteiger partial charge in [0.1, 0.15) is 0 Å². The lowest BCUT2D eigenvalue weighted by Crippen LogP contribution is -2.35. The Morgan fingerprint density at radius 1 is 1.29 bits per heavy atom. The van der Waals surface area contributed by atoms with Crippen LogP contribution in [0.3, 0.4) is 0 Å². The van der Waals surface area contributed by atoms with E-state index in [0.717, 1.165) is 6.61 Å². The molecule has 1 aliphatic carbocycles. The van der Waals surface area contributed by atoms with Gasteiger partial charge in [-0.05, 0) is 30.2 Å². The summed E-state index contributed by atoms with van der Waals surface area (Å²) >= 11 is 0. The van der Waals surface area contributed by atoms with Gasteiger partial charge in [0.2, 0.25) is 0 Å². The molecule has 0 amide bonds. The van der Waals surface area contributed by atoms with Crippen LogP contribution in [0.5, 0.6) is 0 Å². The van der Waals surface area contributed by atoms with Crippen molar-refractivity contribution in [3.8, 4) is 0 Å². The lowest BCUT2D eigenvalue weighted by atomic mass is 9.69. The van der Waals surface area contributed by atoms with Gasteiger partial charge in [0.05, 0.1) is 12.6 Å². The fourth-order valence-corrected chi connectivity index (χ4v) is 2.93. The summed E-state index contributed by atoms with van der Waals surface area (Å²) in [5.74, 6) is 0. The topological polar surface area (TPSA) is 58.0 Å². The second-order valence-electron chi connectivity index (χ2n) is 4.45. The van der Waals surface area contributed by atoms with Gasteiger partial charge < -0.3 is 4.74 Å². The smallest absolute Gasteiger partial charge is 0.0688 e. The van der Waals surface area contributed by atoms with Crippen LogP contribution in [-0.4, -0.2) is 19.3 Å². The highest BCUT2D eigenvalue weighted by molar-refractivity contribution is 4.94. The van der Waals surface area contributed by atoms with Crippen molar-refractivity contribution >= 4 is 0 Å². The van der Waals surface area contributed by atoms with E-state index in [-0.39, 0.29) is 6.10 Å². The highest BCUT2D eigenvalue weighted by Gasteiger charge is 2.43. The van der Waals surface area contributed by atoms with Crippen LogP contribution >= 0.6 is 0 Å². The quantitative estimate of drug-likeness (QED) is 0.379. The zero-order valence-corrected chi connectivity index (χ0v) is 8.48. The van der Waals surface area contributed by atoms with Crippen LogP contribution in [0.25, 0.3) is 10.4 Å². The monoisotopic (exact) mass is 195 g/mol. The number of hydrogen-bond donors (Lipinski definition) is 0. The normalized spacial score (nSPS) is 30.1. The summed E-state index contributed by atoms with van der Waals surface area (Å²) in [4.78, 5) is 2.82. The Balaban J connectivity index is 2.03. The number of ether oxygens (including phenoxy) is 1. The van der Waals surface area contributed by atoms with Gasteiger partial charge in [-0.3, -0.25) is 0 Å². The number of azide groups is 1. The third-order valence-corrected chi connectivity index (χ3v) is 3.76. The van der Waals surface area contributed by atoms with Crippen LogP contribution in [0.15, 0.2) is 5.11 Å². The van der Waals surface area contributed by atoms with E-state index < -0.39 is 0 Å². The minimum absolute atomic E-state index is 0.193. The summed E-state index contributed by atoms with van der Waals surface area (Å²) in [5, 5.41) is 3.66. The lowest BCUT2D eigenvalue weighted by molar-refractivity contribution is 0.0349. The maximum Gasteiger partial charge on any atom is 0.0688 e. The van der Waals surface area contributed by atoms with Crippen molar-refractivity contribution in [2.75, 3.05) is 13.2 Å². The maximum atomic E-state index is 8.32. The van der Waals surface area contributed by atoms with E-state index in [1.807, 2.05) is 0 Å². The van der Waals surface area contributed by atoms with Crippen LogP contribution in [0, 0.1) is 5.41 Å². The first-order valence-electron chi connectivity index (χ1n) is 5.50. The highest BCUT2D eigenvalue weighted by Crippen LogP contribution is 2.47. The molecule has 14 heavy (non-hydrogen) atoms. The largest absolute Gasteiger partial charge is 0.377 e. The Hall–Kier alpha value is -0.730. The maximum absolute atomic E-state index is 8.32. The van der Waals surface area contributed by atoms with Gasteiger partial charge in [-0.25, -0.2) is 0 Å². The summed E-state index contributed by atoms with van der Waals surface area (Å²) in [6.07, 6.45) is 7.87. The molecule has 1 saturated heterocycles. The minimum Gasteiger partial charge on any atom is -0.377 e. The minimum atomic E-state index is 0.193. The van der Waals surface area contributed by atoms with E-state index in [1.165, 1.54) is 38.5 Å². The Morgan fingerprint density at radius 2 is 2.07 bits per heavy atom. The van der Waals surface area contributed by atoms with Gasteiger partial charge in [0.15, 0.2) is 0 Å². The second kappa shape index (κ2) is 4.20. The van der Waals surface area contributed by atoms with Crippen molar-refractivity contribution in [3.63, 3.8) is 0 Å². The van der Waals surface area contributed by atoms with Gasteiger partial charge in [-0.15, -0.1) is 0 Å². The summed E-state index contributed by atoms with van der Waals surface area (Å²) in [7, 11) is 0. The molecule has 1 atom stereocenters. The highest BCUT2D eigenvalue weighted by atomic mass is 16.5. The summed E-state index contributed by atoms with van der Waals surface area (Å²) in [6, 6.07) is 0. The molecule has 0 aromatic rings. The molecule has 0 aromatic carbocycles. The third-order valence-electron chi connectivity index (χ3n) is 3.76. The average molecular weight is 195 g/mol. The van der Waals surface area contributed by atoms with Crippen LogP contribution in [0.2, 0.25) is 0 Å². The number of hydrogen-bond acceptors (Lipinski definition) is 2. The molecule has 1 heterocycles. The van der Waals surface area contributed by atoms with Gasteiger partial charge in [0.25, 0.3) is 0 Å². The van der Waals surface area contributed by atoms with Gasteiger partial charge in [0, 0.05) is 11.5 Å². The third kappa shape index (κ3) is 1.72. The van der Waals surface area contributed by atoms with Crippen LogP contribution in [0.4, 0.5) is 0 Å². The zero-order valence-electron chi connectivity index (χ0n) is 8.48. The first-order chi connectivity index (χ1) is 6.87. The van der Waals surface area contributed by atoms with Crippen LogP contribution in [-0.2, 0) is 4.74 Å². The first-order valence-corrected chi connectivity index (χ1v) is 5.50. The summed E-state index contributed by atoms with van der Waals surface area (Å²) in [6.45, 7) is 1.38. The zero-order chi connectivity index (χ0) is 9.86. The average Bonchev–Trinajstić information content (AvgIpc) is 2.59. The van der Waals surface area contributed by atoms with E-state index in [0.29, 0.717) is 12.0 Å². The number of rotatable bonds is 2. The van der Waals surface area contributed by atoms with E-state index in [4.69, 9.17) is 10.3 Å². The SMILES string of the molecule is [N-]=[N+]=NCC1OCCC12CCCCC2. The Bertz CT molecular complexity index is 242. The van der Waals surface area contributed by atoms with Crippen LogP contribution in [0.1, 0.15) is 38.5 Å². The molecule has 1 spiro atoms. The number of nitrogens with zero attached hydrogens (tertiary/aromatic N) is 3. The standard InChI is InChI=1S/C10H17N3O/c11-13-12-8-9-10(6-7-14-9)4-2-1-3-5-10/h9H,1-8H2. The van der Waals surface area contributed by atoms with Crippen molar-refractivity contribution in [1.82, 2.24) is 0 Å². The molecule has 2 fully saturated rings. The molecule has 0 aromatic heterocycles. The van der Waals surface area contributed by atoms with E-state index in [9.17, 15) is 0 Å². The first kappa shape index (κ1) is 9.81. The van der Waals surface area contributed by atoms with Crippen molar-refractivity contribution < 1.29 is 4.74 Å². The van der Waals surface area contributed by atoms with E-state index in [2.05, 4.69) is 10.0 Å². The molecule has 78 valence electrons. The fraction of sp³-hybridized carbons (Fsp3) is 1.00. The van der Waals surface area contributed by atoms with Gasteiger partial charge in [-0.2, -0.15) is 0 Å². The second-order valence-corrected chi connectivity index (χ2v) is 4.45. The molecule has 2 rings (SSSR count). The fourth-order valence-electron chi connectivity index (χ4n) is 2.93. The Labute approximate surface area is 84.3 Å². The van der Waals surface area contributed by atoms with Crippen LogP contribution < -0.4 is 0 Å². The summed E-state index contributed by atoms with van der Waals surface area (Å²) < 4.78 is 5.68. The molecule has 4 nitrogen and oxygen atoms in total. The molecule has 0 radical (unpaired) electrons. The predicted octanol–water partition coefficient (Wildman–Crippen LogP) is 3.04. The van der Waals surface area contributed by atoms with Gasteiger partial charge >= 0.3 is 0 Å². The molecule has 0 bridgehead atoms.